The van der Waals surface area contributed by atoms with Gasteiger partial charge >= 0.3 is 0 Å². The third-order valence-corrected chi connectivity index (χ3v) is 3.68. The quantitative estimate of drug-likeness (QED) is 0.625. The molecule has 3 N–H and O–H groups in total. The molecule has 1 unspecified atom stereocenters. The van der Waals surface area contributed by atoms with Gasteiger partial charge in [0.05, 0.1) is 0 Å². The van der Waals surface area contributed by atoms with Gasteiger partial charge in [0.1, 0.15) is 0 Å². The molecule has 0 rings (SSSR count). The summed E-state index contributed by atoms with van der Waals surface area (Å²) in [6.07, 6.45) is 0. The standard InChI is InChI=1S/C8H21N3O2S/c1-4-10-14(12,13)11(5-2)7-8(3)6-9/h8,10H,4-7,9H2,1-3H3. The van der Waals surface area contributed by atoms with E-state index in [4.69, 9.17) is 5.73 Å². The Bertz CT molecular complexity index is 241. The Morgan fingerprint density at radius 1 is 1.43 bits per heavy atom. The second-order valence-electron chi connectivity index (χ2n) is 3.29. The third kappa shape index (κ3) is 4.36. The highest BCUT2D eigenvalue weighted by Crippen LogP contribution is 2.02. The van der Waals surface area contributed by atoms with Crippen LogP contribution >= 0.6 is 0 Å². The zero-order valence-corrected chi connectivity index (χ0v) is 9.97. The Morgan fingerprint density at radius 3 is 2.36 bits per heavy atom. The maximum absolute atomic E-state index is 11.6. The summed E-state index contributed by atoms with van der Waals surface area (Å²) in [4.78, 5) is 0. The molecule has 1 atom stereocenters. The molecule has 0 saturated heterocycles. The Hall–Kier alpha value is -0.170. The molecule has 0 heterocycles. The van der Waals surface area contributed by atoms with Gasteiger partial charge in [-0.2, -0.15) is 12.7 Å². The zero-order chi connectivity index (χ0) is 11.2. The van der Waals surface area contributed by atoms with Crippen LogP contribution in [0.2, 0.25) is 0 Å². The number of nitrogens with zero attached hydrogens (tertiary/aromatic N) is 1. The van der Waals surface area contributed by atoms with Crippen molar-refractivity contribution >= 4 is 10.2 Å². The Labute approximate surface area is 86.8 Å². The van der Waals surface area contributed by atoms with E-state index in [1.165, 1.54) is 4.31 Å². The summed E-state index contributed by atoms with van der Waals surface area (Å²) >= 11 is 0. The lowest BCUT2D eigenvalue weighted by Crippen LogP contribution is -2.43. The number of nitrogens with two attached hydrogens (primary N) is 1. The van der Waals surface area contributed by atoms with Crippen LogP contribution in [-0.4, -0.2) is 38.9 Å². The molecular weight excluding hydrogens is 202 g/mol. The van der Waals surface area contributed by atoms with Crippen molar-refractivity contribution in [1.29, 1.82) is 0 Å². The minimum Gasteiger partial charge on any atom is -0.330 e. The molecule has 0 aliphatic carbocycles. The van der Waals surface area contributed by atoms with Gasteiger partial charge in [0.2, 0.25) is 0 Å². The van der Waals surface area contributed by atoms with Crippen molar-refractivity contribution < 1.29 is 8.42 Å². The van der Waals surface area contributed by atoms with Crippen molar-refractivity contribution in [1.82, 2.24) is 9.03 Å². The van der Waals surface area contributed by atoms with Crippen LogP contribution in [-0.2, 0) is 10.2 Å². The Balaban J connectivity index is 4.40. The van der Waals surface area contributed by atoms with Crippen LogP contribution < -0.4 is 10.5 Å². The molecule has 0 spiro atoms. The van der Waals surface area contributed by atoms with Gasteiger partial charge in [-0.3, -0.25) is 0 Å². The fourth-order valence-electron chi connectivity index (χ4n) is 1.09. The van der Waals surface area contributed by atoms with E-state index in [1.807, 2.05) is 13.8 Å². The monoisotopic (exact) mass is 223 g/mol. The van der Waals surface area contributed by atoms with Crippen LogP contribution in [0.15, 0.2) is 0 Å². The van der Waals surface area contributed by atoms with Crippen LogP contribution in [0.4, 0.5) is 0 Å². The summed E-state index contributed by atoms with van der Waals surface area (Å²) in [5, 5.41) is 0. The lowest BCUT2D eigenvalue weighted by Gasteiger charge is -2.23. The van der Waals surface area contributed by atoms with Gasteiger partial charge in [-0.1, -0.05) is 20.8 Å². The highest BCUT2D eigenvalue weighted by Gasteiger charge is 2.20. The largest absolute Gasteiger partial charge is 0.330 e. The molecule has 0 aromatic rings. The fraction of sp³-hybridized carbons (Fsp3) is 1.00. The van der Waals surface area contributed by atoms with E-state index in [0.717, 1.165) is 0 Å². The lowest BCUT2D eigenvalue weighted by atomic mass is 10.2. The predicted octanol–water partition coefficient (Wildman–Crippen LogP) is -0.243. The van der Waals surface area contributed by atoms with E-state index in [2.05, 4.69) is 4.72 Å². The number of rotatable bonds is 7. The Kier molecular flexibility index (Phi) is 6.26. The first-order chi connectivity index (χ1) is 6.47. The van der Waals surface area contributed by atoms with E-state index < -0.39 is 10.2 Å². The van der Waals surface area contributed by atoms with Crippen molar-refractivity contribution in [2.45, 2.75) is 20.8 Å². The van der Waals surface area contributed by atoms with Gasteiger partial charge in [-0.05, 0) is 12.5 Å². The molecule has 0 fully saturated rings. The molecular formula is C8H21N3O2S. The average molecular weight is 223 g/mol. The van der Waals surface area contributed by atoms with Crippen molar-refractivity contribution in [3.63, 3.8) is 0 Å². The van der Waals surface area contributed by atoms with E-state index in [0.29, 0.717) is 26.2 Å². The average Bonchev–Trinajstić information content (AvgIpc) is 2.13. The predicted molar refractivity (Wildman–Crippen MR) is 58.1 cm³/mol. The van der Waals surface area contributed by atoms with Gasteiger partial charge < -0.3 is 5.73 Å². The normalized spacial score (nSPS) is 14.6. The minimum absolute atomic E-state index is 0.184. The van der Waals surface area contributed by atoms with Crippen molar-refractivity contribution in [2.24, 2.45) is 11.7 Å². The topological polar surface area (TPSA) is 75.4 Å². The van der Waals surface area contributed by atoms with E-state index in [9.17, 15) is 8.42 Å². The molecule has 86 valence electrons. The van der Waals surface area contributed by atoms with Crippen LogP contribution in [0.25, 0.3) is 0 Å². The number of nitrogens with one attached hydrogen (secondary N) is 1. The molecule has 0 aromatic carbocycles. The molecule has 5 nitrogen and oxygen atoms in total. The van der Waals surface area contributed by atoms with Gasteiger partial charge in [-0.15, -0.1) is 0 Å². The molecule has 14 heavy (non-hydrogen) atoms. The summed E-state index contributed by atoms with van der Waals surface area (Å²) in [5.41, 5.74) is 5.45. The Morgan fingerprint density at radius 2 is 2.00 bits per heavy atom. The van der Waals surface area contributed by atoms with Gasteiger partial charge in [-0.25, -0.2) is 4.72 Å². The number of hydrogen-bond acceptors (Lipinski definition) is 3. The van der Waals surface area contributed by atoms with Crippen molar-refractivity contribution in [3.8, 4) is 0 Å². The first-order valence-electron chi connectivity index (χ1n) is 4.92. The highest BCUT2D eigenvalue weighted by molar-refractivity contribution is 7.87. The molecule has 0 aliphatic rings. The van der Waals surface area contributed by atoms with Crippen LogP contribution in [0.1, 0.15) is 20.8 Å². The van der Waals surface area contributed by atoms with Gasteiger partial charge in [0.25, 0.3) is 10.2 Å². The second kappa shape index (κ2) is 6.34. The van der Waals surface area contributed by atoms with Crippen LogP contribution in [0.3, 0.4) is 0 Å². The van der Waals surface area contributed by atoms with Crippen molar-refractivity contribution in [2.75, 3.05) is 26.2 Å². The summed E-state index contributed by atoms with van der Waals surface area (Å²) in [6.45, 7) is 7.37. The SMILES string of the molecule is CCNS(=O)(=O)N(CC)CC(C)CN. The highest BCUT2D eigenvalue weighted by atomic mass is 32.2. The smallest absolute Gasteiger partial charge is 0.279 e. The molecule has 0 amide bonds. The first-order valence-corrected chi connectivity index (χ1v) is 6.36. The van der Waals surface area contributed by atoms with Crippen LogP contribution in [0.5, 0.6) is 0 Å². The van der Waals surface area contributed by atoms with E-state index >= 15 is 0 Å². The summed E-state index contributed by atoms with van der Waals surface area (Å²) in [6, 6.07) is 0. The van der Waals surface area contributed by atoms with E-state index in [-0.39, 0.29) is 5.92 Å². The maximum atomic E-state index is 11.6. The molecule has 0 radical (unpaired) electrons. The van der Waals surface area contributed by atoms with Crippen LogP contribution in [0, 0.1) is 5.92 Å². The van der Waals surface area contributed by atoms with Crippen molar-refractivity contribution in [3.05, 3.63) is 0 Å². The third-order valence-electron chi connectivity index (χ3n) is 1.94. The van der Waals surface area contributed by atoms with Gasteiger partial charge in [0, 0.05) is 19.6 Å². The van der Waals surface area contributed by atoms with Gasteiger partial charge in [0.15, 0.2) is 0 Å². The fourth-order valence-corrected chi connectivity index (χ4v) is 2.43. The zero-order valence-electron chi connectivity index (χ0n) is 9.16. The molecule has 6 heteroatoms. The molecule has 0 saturated carbocycles. The second-order valence-corrected chi connectivity index (χ2v) is 5.05. The minimum atomic E-state index is -3.30. The maximum Gasteiger partial charge on any atom is 0.279 e. The molecule has 0 aliphatic heterocycles. The lowest BCUT2D eigenvalue weighted by molar-refractivity contribution is 0.366. The molecule has 0 aromatic heterocycles. The first kappa shape index (κ1) is 13.8. The summed E-state index contributed by atoms with van der Waals surface area (Å²) in [5.74, 6) is 0.184. The summed E-state index contributed by atoms with van der Waals surface area (Å²) in [7, 11) is -3.30. The summed E-state index contributed by atoms with van der Waals surface area (Å²) < 4.78 is 27.0. The molecule has 0 bridgehead atoms. The number of hydrogen-bond donors (Lipinski definition) is 2. The van der Waals surface area contributed by atoms with E-state index in [1.54, 1.807) is 6.92 Å².